The van der Waals surface area contributed by atoms with E-state index in [1.165, 1.54) is 11.3 Å². The fourth-order valence-electron chi connectivity index (χ4n) is 6.31. The van der Waals surface area contributed by atoms with Gasteiger partial charge < -0.3 is 19.0 Å². The summed E-state index contributed by atoms with van der Waals surface area (Å²) in [5.41, 5.74) is 12.9. The number of aromatic nitrogens is 6. The maximum Gasteiger partial charge on any atom is 0.137 e. The van der Waals surface area contributed by atoms with Crippen LogP contribution in [-0.2, 0) is 0 Å². The Hall–Kier alpha value is -6.00. The van der Waals surface area contributed by atoms with Gasteiger partial charge in [-0.3, -0.25) is 4.98 Å². The number of thiazole rings is 1. The van der Waals surface area contributed by atoms with E-state index in [0.29, 0.717) is 11.1 Å². The molecule has 9 heteroatoms. The summed E-state index contributed by atoms with van der Waals surface area (Å²) in [5.74, 6) is 0. The van der Waals surface area contributed by atoms with Gasteiger partial charge in [0.25, 0.3) is 0 Å². The Bertz CT molecular complexity index is 2630. The summed E-state index contributed by atoms with van der Waals surface area (Å²) in [5, 5.41) is 25.8. The number of hydrogen-bond acceptors (Lipinski definition) is 7. The SMILES string of the molecule is OC(c1cccc(-c2ccc3nc(-c4cnc5ccccc5c4)cn3c2)c1)C(O)c1cccc(-c2ccc3nc(-c4cscn4)cn3c2)c1. The summed E-state index contributed by atoms with van der Waals surface area (Å²) in [6, 6.07) is 33.5. The van der Waals surface area contributed by atoms with Crippen molar-refractivity contribution in [3.05, 3.63) is 156 Å². The van der Waals surface area contributed by atoms with Gasteiger partial charge in [-0.1, -0.05) is 54.6 Å². The molecule has 8 nitrogen and oxygen atoms in total. The van der Waals surface area contributed by atoms with E-state index in [1.54, 1.807) is 5.51 Å². The molecule has 2 atom stereocenters. The smallest absolute Gasteiger partial charge is 0.137 e. The second-order valence-electron chi connectivity index (χ2n) is 12.0. The van der Waals surface area contributed by atoms with Crippen molar-refractivity contribution in [3.63, 3.8) is 0 Å². The Kier molecular flexibility index (Phi) is 7.09. The number of fused-ring (bicyclic) bond motifs is 3. The largest absolute Gasteiger partial charge is 0.385 e. The fraction of sp³-hybridized carbons (Fsp3) is 0.0500. The number of aliphatic hydroxyl groups excluding tert-OH is 2. The highest BCUT2D eigenvalue weighted by molar-refractivity contribution is 7.07. The number of nitrogens with zero attached hydrogens (tertiary/aromatic N) is 6. The zero-order chi connectivity index (χ0) is 32.9. The molecule has 9 aromatic rings. The van der Waals surface area contributed by atoms with Crippen molar-refractivity contribution < 1.29 is 10.2 Å². The van der Waals surface area contributed by atoms with E-state index >= 15 is 0 Å². The predicted molar refractivity (Wildman–Crippen MR) is 193 cm³/mol. The van der Waals surface area contributed by atoms with Crippen LogP contribution in [0, 0.1) is 0 Å². The van der Waals surface area contributed by atoms with Crippen LogP contribution >= 0.6 is 11.3 Å². The molecule has 2 N–H and O–H groups in total. The van der Waals surface area contributed by atoms with Crippen LogP contribution in [0.15, 0.2) is 145 Å². The Morgan fingerprint density at radius 3 is 1.82 bits per heavy atom. The molecule has 0 amide bonds. The van der Waals surface area contributed by atoms with Crippen molar-refractivity contribution in [2.45, 2.75) is 12.2 Å². The van der Waals surface area contributed by atoms with Crippen molar-refractivity contribution >= 4 is 33.5 Å². The lowest BCUT2D eigenvalue weighted by atomic mass is 9.94. The minimum atomic E-state index is -1.13. The number of benzene rings is 3. The Labute approximate surface area is 284 Å². The lowest BCUT2D eigenvalue weighted by Crippen LogP contribution is -2.10. The molecule has 236 valence electrons. The number of aliphatic hydroxyl groups is 2. The third-order valence-electron chi connectivity index (χ3n) is 8.91. The van der Waals surface area contributed by atoms with E-state index in [2.05, 4.69) is 27.1 Å². The monoisotopic (exact) mass is 656 g/mol. The van der Waals surface area contributed by atoms with Crippen LogP contribution in [0.5, 0.6) is 0 Å². The third kappa shape index (κ3) is 5.45. The van der Waals surface area contributed by atoms with Crippen LogP contribution in [-0.4, -0.2) is 39.0 Å². The molecule has 0 spiro atoms. The van der Waals surface area contributed by atoms with Crippen molar-refractivity contribution in [3.8, 4) is 44.9 Å². The first-order valence-corrected chi connectivity index (χ1v) is 16.8. The van der Waals surface area contributed by atoms with Crippen LogP contribution in [0.25, 0.3) is 67.1 Å². The van der Waals surface area contributed by atoms with Crippen molar-refractivity contribution in [2.24, 2.45) is 0 Å². The molecule has 49 heavy (non-hydrogen) atoms. The lowest BCUT2D eigenvalue weighted by Gasteiger charge is -2.20. The number of rotatable bonds is 7. The van der Waals surface area contributed by atoms with E-state index in [0.717, 1.165) is 67.1 Å². The zero-order valence-corrected chi connectivity index (χ0v) is 26.8. The molecule has 0 aliphatic rings. The minimum Gasteiger partial charge on any atom is -0.385 e. The van der Waals surface area contributed by atoms with E-state index in [1.807, 2.05) is 136 Å². The summed E-state index contributed by atoms with van der Waals surface area (Å²) in [7, 11) is 0. The maximum absolute atomic E-state index is 11.4. The maximum atomic E-state index is 11.4. The Balaban J connectivity index is 0.968. The first kappa shape index (κ1) is 29.2. The molecule has 9 rings (SSSR count). The molecule has 0 aliphatic carbocycles. The highest BCUT2D eigenvalue weighted by Gasteiger charge is 2.21. The van der Waals surface area contributed by atoms with E-state index in [-0.39, 0.29) is 0 Å². The van der Waals surface area contributed by atoms with E-state index in [9.17, 15) is 10.2 Å². The van der Waals surface area contributed by atoms with Gasteiger partial charge in [-0.25, -0.2) is 15.0 Å². The third-order valence-corrected chi connectivity index (χ3v) is 9.49. The number of imidazole rings is 2. The number of pyridine rings is 3. The second-order valence-corrected chi connectivity index (χ2v) is 12.8. The Morgan fingerprint density at radius 2 is 1.16 bits per heavy atom. The molecule has 6 heterocycles. The molecule has 3 aromatic carbocycles. The van der Waals surface area contributed by atoms with Crippen LogP contribution in [0.4, 0.5) is 0 Å². The topological polar surface area (TPSA) is 101 Å². The van der Waals surface area contributed by atoms with Gasteiger partial charge in [0.15, 0.2) is 0 Å². The molecule has 0 radical (unpaired) electrons. The van der Waals surface area contributed by atoms with Gasteiger partial charge in [-0.05, 0) is 81.9 Å². The first-order chi connectivity index (χ1) is 24.1. The summed E-state index contributed by atoms with van der Waals surface area (Å²) in [4.78, 5) is 18.5. The molecule has 0 fully saturated rings. The van der Waals surface area contributed by atoms with Crippen molar-refractivity contribution in [1.82, 2.24) is 28.7 Å². The molecule has 0 saturated carbocycles. The normalized spacial score (nSPS) is 12.9. The molecule has 0 saturated heterocycles. The molecule has 6 aromatic heterocycles. The van der Waals surface area contributed by atoms with Crippen LogP contribution in [0.3, 0.4) is 0 Å². The standard InChI is InChI=1S/C40H28N6O2S/c47-39(40(48)29-9-4-7-26(16-29)31-12-14-38-44-35(22-46(38)20-31)36-23-49-24-42-36)28-8-3-6-25(15-28)30-11-13-37-43-34(21-45(37)19-30)32-17-27-5-1-2-10-33(27)41-18-32/h1-24,39-40,47-48H. The average Bonchev–Trinajstić information content (AvgIpc) is 3.94. The van der Waals surface area contributed by atoms with Gasteiger partial charge in [0, 0.05) is 47.3 Å². The van der Waals surface area contributed by atoms with Gasteiger partial charge >= 0.3 is 0 Å². The van der Waals surface area contributed by atoms with Crippen molar-refractivity contribution in [2.75, 3.05) is 0 Å². The van der Waals surface area contributed by atoms with Gasteiger partial charge in [-0.15, -0.1) is 11.3 Å². The molecule has 2 unspecified atom stereocenters. The van der Waals surface area contributed by atoms with Gasteiger partial charge in [0.2, 0.25) is 0 Å². The molecular weight excluding hydrogens is 629 g/mol. The lowest BCUT2D eigenvalue weighted by molar-refractivity contribution is 0.0173. The highest BCUT2D eigenvalue weighted by atomic mass is 32.1. The summed E-state index contributed by atoms with van der Waals surface area (Å²) in [6.07, 6.45) is 7.62. The van der Waals surface area contributed by atoms with E-state index in [4.69, 9.17) is 4.98 Å². The first-order valence-electron chi connectivity index (χ1n) is 15.8. The summed E-state index contributed by atoms with van der Waals surface area (Å²) >= 11 is 1.54. The highest BCUT2D eigenvalue weighted by Crippen LogP contribution is 2.34. The Morgan fingerprint density at radius 1 is 0.531 bits per heavy atom. The quantitative estimate of drug-likeness (QED) is 0.179. The predicted octanol–water partition coefficient (Wildman–Crippen LogP) is 8.42. The molecule has 0 aliphatic heterocycles. The number of para-hydroxylation sites is 1. The summed E-state index contributed by atoms with van der Waals surface area (Å²) in [6.45, 7) is 0. The van der Waals surface area contributed by atoms with Crippen molar-refractivity contribution in [1.29, 1.82) is 0 Å². The van der Waals surface area contributed by atoms with Gasteiger partial charge in [-0.2, -0.15) is 0 Å². The molecule has 0 bridgehead atoms. The van der Waals surface area contributed by atoms with Crippen LogP contribution < -0.4 is 0 Å². The van der Waals surface area contributed by atoms with Crippen LogP contribution in [0.2, 0.25) is 0 Å². The summed E-state index contributed by atoms with van der Waals surface area (Å²) < 4.78 is 3.99. The zero-order valence-electron chi connectivity index (χ0n) is 26.0. The van der Waals surface area contributed by atoms with E-state index < -0.39 is 12.2 Å². The van der Waals surface area contributed by atoms with Crippen LogP contribution in [0.1, 0.15) is 23.3 Å². The van der Waals surface area contributed by atoms with Gasteiger partial charge in [0.05, 0.1) is 16.7 Å². The minimum absolute atomic E-state index is 0.624. The van der Waals surface area contributed by atoms with Gasteiger partial charge in [0.1, 0.15) is 34.9 Å². The molecular formula is C40H28N6O2S. The number of hydrogen-bond donors (Lipinski definition) is 2. The average molecular weight is 657 g/mol. The fourth-order valence-corrected chi connectivity index (χ4v) is 6.85. The second kappa shape index (κ2) is 11.9.